The molecular formula is C20H21F3O4S. The highest BCUT2D eigenvalue weighted by atomic mass is 32.2. The predicted octanol–water partition coefficient (Wildman–Crippen LogP) is 5.63. The zero-order valence-corrected chi connectivity index (χ0v) is 16.7. The summed E-state index contributed by atoms with van der Waals surface area (Å²) in [6.45, 7) is 8.00. The van der Waals surface area contributed by atoms with Crippen molar-refractivity contribution in [2.24, 2.45) is 0 Å². The summed E-state index contributed by atoms with van der Waals surface area (Å²) in [5.41, 5.74) is -5.98. The lowest BCUT2D eigenvalue weighted by Gasteiger charge is -2.09. The molecule has 3 rings (SSSR count). The molecule has 0 radical (unpaired) electrons. The van der Waals surface area contributed by atoms with Gasteiger partial charge in [0.25, 0.3) is 0 Å². The van der Waals surface area contributed by atoms with E-state index in [0.717, 1.165) is 12.1 Å². The predicted molar refractivity (Wildman–Crippen MR) is 106 cm³/mol. The van der Waals surface area contributed by atoms with Crippen LogP contribution in [-0.4, -0.2) is 13.9 Å². The number of alkyl halides is 3. The third kappa shape index (κ3) is 5.01. The first-order chi connectivity index (χ1) is 13.2. The molecule has 0 fully saturated rings. The summed E-state index contributed by atoms with van der Waals surface area (Å²) in [5, 5.41) is 1.53. The van der Waals surface area contributed by atoms with Crippen molar-refractivity contribution in [1.82, 2.24) is 0 Å². The van der Waals surface area contributed by atoms with Gasteiger partial charge in [-0.05, 0) is 22.9 Å². The second-order valence-electron chi connectivity index (χ2n) is 4.98. The molecule has 8 heteroatoms. The Labute approximate surface area is 161 Å². The monoisotopic (exact) mass is 414 g/mol. The summed E-state index contributed by atoms with van der Waals surface area (Å²) < 4.78 is 63.5. The second kappa shape index (κ2) is 9.54. The highest BCUT2D eigenvalue weighted by molar-refractivity contribution is 7.88. The maximum Gasteiger partial charge on any atom is 0.534 e. The molecule has 0 spiro atoms. The summed E-state index contributed by atoms with van der Waals surface area (Å²) in [6, 6.07) is 13.4. The third-order valence-corrected chi connectivity index (χ3v) is 4.39. The fourth-order valence-corrected chi connectivity index (χ4v) is 2.73. The summed E-state index contributed by atoms with van der Waals surface area (Å²) >= 11 is 0. The van der Waals surface area contributed by atoms with E-state index in [1.807, 2.05) is 27.7 Å². The Morgan fingerprint density at radius 1 is 0.786 bits per heavy atom. The van der Waals surface area contributed by atoms with Gasteiger partial charge in [-0.1, -0.05) is 70.2 Å². The molecule has 0 amide bonds. The van der Waals surface area contributed by atoms with Crippen molar-refractivity contribution in [1.29, 1.82) is 0 Å². The van der Waals surface area contributed by atoms with E-state index in [9.17, 15) is 26.4 Å². The van der Waals surface area contributed by atoms with Gasteiger partial charge in [0.2, 0.25) is 0 Å². The SMILES string of the molecule is CC.CC.O=c1c2ccccc2ccc2ccc(OS(=O)(=O)C(F)(F)F)cc12. The van der Waals surface area contributed by atoms with Gasteiger partial charge in [-0.15, -0.1) is 0 Å². The minimum atomic E-state index is -5.79. The number of rotatable bonds is 2. The average Bonchev–Trinajstić information content (AvgIpc) is 2.81. The largest absolute Gasteiger partial charge is 0.534 e. The van der Waals surface area contributed by atoms with Gasteiger partial charge in [0.05, 0.1) is 0 Å². The molecule has 0 saturated heterocycles. The molecule has 0 aliphatic heterocycles. The smallest absolute Gasteiger partial charge is 0.376 e. The Kier molecular flexibility index (Phi) is 7.99. The summed E-state index contributed by atoms with van der Waals surface area (Å²) in [4.78, 5) is 12.6. The van der Waals surface area contributed by atoms with Gasteiger partial charge in [-0.25, -0.2) is 0 Å². The van der Waals surface area contributed by atoms with Gasteiger partial charge in [-0.3, -0.25) is 4.79 Å². The van der Waals surface area contributed by atoms with Crippen molar-refractivity contribution in [2.75, 3.05) is 0 Å². The number of fused-ring (bicyclic) bond motifs is 2. The van der Waals surface area contributed by atoms with Crippen LogP contribution in [0.15, 0.2) is 59.4 Å². The molecule has 0 saturated carbocycles. The topological polar surface area (TPSA) is 60.4 Å². The fourth-order valence-electron chi connectivity index (χ4n) is 2.28. The lowest BCUT2D eigenvalue weighted by Crippen LogP contribution is -2.28. The second-order valence-corrected chi connectivity index (χ2v) is 6.52. The maximum atomic E-state index is 12.6. The van der Waals surface area contributed by atoms with E-state index in [1.54, 1.807) is 36.4 Å². The molecule has 28 heavy (non-hydrogen) atoms. The lowest BCUT2D eigenvalue weighted by molar-refractivity contribution is -0.0500. The summed E-state index contributed by atoms with van der Waals surface area (Å²) in [7, 11) is -5.79. The van der Waals surface area contributed by atoms with Gasteiger partial charge >= 0.3 is 15.6 Å². The summed E-state index contributed by atoms with van der Waals surface area (Å²) in [6.07, 6.45) is 0. The summed E-state index contributed by atoms with van der Waals surface area (Å²) in [5.74, 6) is -0.577. The van der Waals surface area contributed by atoms with Gasteiger partial charge in [-0.2, -0.15) is 21.6 Å². The van der Waals surface area contributed by atoms with E-state index >= 15 is 0 Å². The van der Waals surface area contributed by atoms with E-state index in [4.69, 9.17) is 0 Å². The van der Waals surface area contributed by atoms with E-state index in [1.165, 1.54) is 6.07 Å². The Morgan fingerprint density at radius 2 is 1.29 bits per heavy atom. The van der Waals surface area contributed by atoms with E-state index < -0.39 is 26.8 Å². The average molecular weight is 414 g/mol. The molecule has 0 unspecified atom stereocenters. The van der Waals surface area contributed by atoms with Gasteiger partial charge in [0.15, 0.2) is 5.43 Å². The molecular weight excluding hydrogens is 393 g/mol. The Bertz CT molecular complexity index is 1110. The molecule has 3 aromatic rings. The number of halogens is 3. The molecule has 0 aromatic heterocycles. The van der Waals surface area contributed by atoms with E-state index in [0.29, 0.717) is 16.2 Å². The first-order valence-corrected chi connectivity index (χ1v) is 10.1. The van der Waals surface area contributed by atoms with Crippen molar-refractivity contribution < 1.29 is 25.8 Å². The first-order valence-electron chi connectivity index (χ1n) is 8.66. The maximum absolute atomic E-state index is 12.6. The standard InChI is InChI=1S/C16H9F3O4S.2C2H6/c17-16(18,19)24(21,22)23-12-8-7-11-6-5-10-3-1-2-4-13(10)15(20)14(11)9-12;2*1-2/h1-9H;2*1-2H3. The molecule has 0 atom stereocenters. The lowest BCUT2D eigenvalue weighted by atomic mass is 10.1. The highest BCUT2D eigenvalue weighted by Gasteiger charge is 2.48. The van der Waals surface area contributed by atoms with Crippen LogP contribution in [0, 0.1) is 0 Å². The van der Waals surface area contributed by atoms with Crippen LogP contribution in [-0.2, 0) is 10.1 Å². The van der Waals surface area contributed by atoms with Gasteiger partial charge in [0, 0.05) is 10.8 Å². The first kappa shape index (κ1) is 23.4. The molecule has 3 aromatic carbocycles. The third-order valence-electron chi connectivity index (χ3n) is 3.41. The van der Waals surface area contributed by atoms with Crippen LogP contribution in [0.3, 0.4) is 0 Å². The fraction of sp³-hybridized carbons (Fsp3) is 0.250. The van der Waals surface area contributed by atoms with E-state index in [2.05, 4.69) is 4.18 Å². The number of hydrogen-bond acceptors (Lipinski definition) is 4. The quantitative estimate of drug-likeness (QED) is 0.403. The van der Waals surface area contributed by atoms with Crippen molar-refractivity contribution in [3.05, 3.63) is 64.8 Å². The zero-order valence-electron chi connectivity index (χ0n) is 15.9. The molecule has 0 bridgehead atoms. The van der Waals surface area contributed by atoms with E-state index in [-0.39, 0.29) is 5.39 Å². The Balaban J connectivity index is 0.000000921. The van der Waals surface area contributed by atoms with Crippen LogP contribution in [0.1, 0.15) is 27.7 Å². The van der Waals surface area contributed by atoms with Crippen molar-refractivity contribution in [3.8, 4) is 5.75 Å². The Morgan fingerprint density at radius 3 is 1.86 bits per heavy atom. The van der Waals surface area contributed by atoms with Gasteiger partial charge in [0.1, 0.15) is 5.75 Å². The van der Waals surface area contributed by atoms with Crippen LogP contribution < -0.4 is 9.61 Å². The molecule has 152 valence electrons. The zero-order chi connectivity index (χ0) is 21.5. The van der Waals surface area contributed by atoms with Crippen LogP contribution >= 0.6 is 0 Å². The van der Waals surface area contributed by atoms with Crippen LogP contribution in [0.5, 0.6) is 5.75 Å². The molecule has 0 aliphatic carbocycles. The van der Waals surface area contributed by atoms with Crippen LogP contribution in [0.4, 0.5) is 13.2 Å². The van der Waals surface area contributed by atoms with Crippen molar-refractivity contribution >= 4 is 31.7 Å². The highest BCUT2D eigenvalue weighted by Crippen LogP contribution is 2.28. The normalized spacial score (nSPS) is 11.1. The molecule has 0 heterocycles. The Hall–Kier alpha value is -2.61. The van der Waals surface area contributed by atoms with Gasteiger partial charge < -0.3 is 4.18 Å². The molecule has 0 aliphatic rings. The molecule has 4 nitrogen and oxygen atoms in total. The van der Waals surface area contributed by atoms with Crippen molar-refractivity contribution in [2.45, 2.75) is 33.2 Å². The molecule has 0 N–H and O–H groups in total. The minimum absolute atomic E-state index is 0.0612. The minimum Gasteiger partial charge on any atom is -0.376 e. The van der Waals surface area contributed by atoms with Crippen LogP contribution in [0.2, 0.25) is 0 Å². The van der Waals surface area contributed by atoms with Crippen LogP contribution in [0.25, 0.3) is 21.5 Å². The number of hydrogen-bond donors (Lipinski definition) is 0. The van der Waals surface area contributed by atoms with Crippen molar-refractivity contribution in [3.63, 3.8) is 0 Å². The number of benzene rings is 2.